The number of anilines is 1. The molecule has 1 atom stereocenters. The lowest BCUT2D eigenvalue weighted by Crippen LogP contribution is -2.10. The number of nitrogens with one attached hydrogen (secondary N) is 1. The molecule has 0 saturated carbocycles. The van der Waals surface area contributed by atoms with Crippen LogP contribution in [0, 0.1) is 11.3 Å². The Balaban J connectivity index is 2.32. The molecule has 20 heavy (non-hydrogen) atoms. The highest BCUT2D eigenvalue weighted by molar-refractivity contribution is 5.59. The molecule has 0 heterocycles. The molecule has 4 nitrogen and oxygen atoms in total. The average molecular weight is 268 g/mol. The van der Waals surface area contributed by atoms with Crippen LogP contribution in [-0.2, 0) is 0 Å². The highest BCUT2D eigenvalue weighted by Crippen LogP contribution is 2.31. The summed E-state index contributed by atoms with van der Waals surface area (Å²) in [6, 6.07) is 16.7. The second-order valence-corrected chi connectivity index (χ2v) is 4.15. The monoisotopic (exact) mass is 268 g/mol. The topological polar surface area (TPSA) is 54.3 Å². The summed E-state index contributed by atoms with van der Waals surface area (Å²) in [6.45, 7) is 0. The minimum atomic E-state index is -0.512. The molecule has 0 spiro atoms. The standard InChI is InChI=1S/C16H16N2O2/c1-19-15-9-5-3-7-12(15)14(11-17)18-13-8-4-6-10-16(13)20-2/h3-10,14,18H,1-2H3/t14-/m0/s1. The van der Waals surface area contributed by atoms with Gasteiger partial charge in [-0.3, -0.25) is 0 Å². The lowest BCUT2D eigenvalue weighted by Gasteiger charge is -2.17. The number of ether oxygens (including phenoxy) is 2. The summed E-state index contributed by atoms with van der Waals surface area (Å²) in [5, 5.41) is 12.6. The second kappa shape index (κ2) is 6.48. The van der Waals surface area contributed by atoms with E-state index >= 15 is 0 Å². The summed E-state index contributed by atoms with van der Waals surface area (Å²) in [4.78, 5) is 0. The van der Waals surface area contributed by atoms with Crippen molar-refractivity contribution in [3.05, 3.63) is 54.1 Å². The molecule has 0 saturated heterocycles. The van der Waals surface area contributed by atoms with Crippen molar-refractivity contribution in [3.8, 4) is 17.6 Å². The fraction of sp³-hybridized carbons (Fsp3) is 0.188. The molecule has 0 aromatic heterocycles. The van der Waals surface area contributed by atoms with Gasteiger partial charge in [0.15, 0.2) is 0 Å². The van der Waals surface area contributed by atoms with E-state index < -0.39 is 6.04 Å². The van der Waals surface area contributed by atoms with E-state index in [9.17, 15) is 5.26 Å². The third-order valence-electron chi connectivity index (χ3n) is 2.99. The van der Waals surface area contributed by atoms with Crippen LogP contribution in [0.1, 0.15) is 11.6 Å². The molecule has 102 valence electrons. The van der Waals surface area contributed by atoms with Crippen molar-refractivity contribution in [2.24, 2.45) is 0 Å². The van der Waals surface area contributed by atoms with Gasteiger partial charge in [-0.05, 0) is 18.2 Å². The number of nitriles is 1. The predicted octanol–water partition coefficient (Wildman–Crippen LogP) is 3.38. The van der Waals surface area contributed by atoms with Crippen molar-refractivity contribution in [1.82, 2.24) is 0 Å². The number of para-hydroxylation sites is 3. The van der Waals surface area contributed by atoms with Crippen LogP contribution in [0.2, 0.25) is 0 Å². The van der Waals surface area contributed by atoms with E-state index in [2.05, 4.69) is 11.4 Å². The summed E-state index contributed by atoms with van der Waals surface area (Å²) >= 11 is 0. The Morgan fingerprint density at radius 2 is 1.55 bits per heavy atom. The third-order valence-corrected chi connectivity index (χ3v) is 2.99. The smallest absolute Gasteiger partial charge is 0.143 e. The SMILES string of the molecule is COc1ccccc1N[C@@H](C#N)c1ccccc1OC. The summed E-state index contributed by atoms with van der Waals surface area (Å²) in [6.07, 6.45) is 0. The molecule has 1 N–H and O–H groups in total. The molecule has 2 aromatic carbocycles. The van der Waals surface area contributed by atoms with Crippen LogP contribution < -0.4 is 14.8 Å². The van der Waals surface area contributed by atoms with Crippen molar-refractivity contribution < 1.29 is 9.47 Å². The molecule has 2 aromatic rings. The zero-order valence-corrected chi connectivity index (χ0v) is 11.5. The molecule has 4 heteroatoms. The zero-order chi connectivity index (χ0) is 14.4. The maximum absolute atomic E-state index is 9.42. The molecule has 0 aliphatic heterocycles. The molecule has 0 amide bonds. The minimum absolute atomic E-state index is 0.512. The fourth-order valence-corrected chi connectivity index (χ4v) is 2.00. The van der Waals surface area contributed by atoms with Gasteiger partial charge in [0, 0.05) is 5.56 Å². The van der Waals surface area contributed by atoms with Gasteiger partial charge in [-0.15, -0.1) is 0 Å². The number of hydrogen-bond donors (Lipinski definition) is 1. The van der Waals surface area contributed by atoms with Gasteiger partial charge in [0.1, 0.15) is 17.5 Å². The molecule has 0 fully saturated rings. The van der Waals surface area contributed by atoms with Crippen LogP contribution in [0.3, 0.4) is 0 Å². The van der Waals surface area contributed by atoms with E-state index in [0.717, 1.165) is 11.3 Å². The van der Waals surface area contributed by atoms with Crippen LogP contribution in [-0.4, -0.2) is 14.2 Å². The molecule has 0 aliphatic carbocycles. The highest BCUT2D eigenvalue weighted by Gasteiger charge is 2.16. The third kappa shape index (κ3) is 2.83. The van der Waals surface area contributed by atoms with Crippen LogP contribution in [0.4, 0.5) is 5.69 Å². The second-order valence-electron chi connectivity index (χ2n) is 4.15. The molecule has 0 aliphatic rings. The summed E-state index contributed by atoms with van der Waals surface area (Å²) in [5.41, 5.74) is 1.57. The van der Waals surface area contributed by atoms with Gasteiger partial charge < -0.3 is 14.8 Å². The maximum atomic E-state index is 9.42. The van der Waals surface area contributed by atoms with Crippen molar-refractivity contribution >= 4 is 5.69 Å². The van der Waals surface area contributed by atoms with Gasteiger partial charge in [-0.25, -0.2) is 0 Å². The number of hydrogen-bond acceptors (Lipinski definition) is 4. The Hall–Kier alpha value is -2.67. The van der Waals surface area contributed by atoms with Gasteiger partial charge >= 0.3 is 0 Å². The van der Waals surface area contributed by atoms with Crippen LogP contribution in [0.25, 0.3) is 0 Å². The van der Waals surface area contributed by atoms with Gasteiger partial charge in [-0.1, -0.05) is 30.3 Å². The fourth-order valence-electron chi connectivity index (χ4n) is 2.00. The molecule has 2 rings (SSSR count). The van der Waals surface area contributed by atoms with E-state index in [4.69, 9.17) is 9.47 Å². The van der Waals surface area contributed by atoms with E-state index in [1.807, 2.05) is 48.5 Å². The van der Waals surface area contributed by atoms with Gasteiger partial charge in [0.25, 0.3) is 0 Å². The maximum Gasteiger partial charge on any atom is 0.143 e. The van der Waals surface area contributed by atoms with Crippen LogP contribution >= 0.6 is 0 Å². The Bertz CT molecular complexity index is 620. The molecule has 0 bridgehead atoms. The summed E-state index contributed by atoms with van der Waals surface area (Å²) in [5.74, 6) is 1.38. The van der Waals surface area contributed by atoms with E-state index in [1.54, 1.807) is 14.2 Å². The first-order valence-corrected chi connectivity index (χ1v) is 6.22. The van der Waals surface area contributed by atoms with Crippen molar-refractivity contribution in [3.63, 3.8) is 0 Å². The Kier molecular flexibility index (Phi) is 4.46. The zero-order valence-electron chi connectivity index (χ0n) is 11.5. The number of nitrogens with zero attached hydrogens (tertiary/aromatic N) is 1. The Labute approximate surface area is 118 Å². The first-order valence-electron chi connectivity index (χ1n) is 6.22. The van der Waals surface area contributed by atoms with Crippen LogP contribution in [0.5, 0.6) is 11.5 Å². The first kappa shape index (κ1) is 13.8. The van der Waals surface area contributed by atoms with Crippen molar-refractivity contribution in [2.75, 3.05) is 19.5 Å². The van der Waals surface area contributed by atoms with E-state index in [-0.39, 0.29) is 0 Å². The van der Waals surface area contributed by atoms with Gasteiger partial charge in [-0.2, -0.15) is 5.26 Å². The van der Waals surface area contributed by atoms with Gasteiger partial charge in [0.05, 0.1) is 26.0 Å². The molecule has 0 unspecified atom stereocenters. The summed E-state index contributed by atoms with van der Waals surface area (Å²) in [7, 11) is 3.20. The Morgan fingerprint density at radius 1 is 0.950 bits per heavy atom. The first-order chi connectivity index (χ1) is 9.80. The quantitative estimate of drug-likeness (QED) is 0.903. The molecular weight excluding hydrogens is 252 g/mol. The van der Waals surface area contributed by atoms with E-state index in [0.29, 0.717) is 11.5 Å². The van der Waals surface area contributed by atoms with Crippen LogP contribution in [0.15, 0.2) is 48.5 Å². The number of rotatable bonds is 5. The lowest BCUT2D eigenvalue weighted by atomic mass is 10.1. The average Bonchev–Trinajstić information content (AvgIpc) is 2.53. The Morgan fingerprint density at radius 3 is 2.20 bits per heavy atom. The molecule has 0 radical (unpaired) electrons. The van der Waals surface area contributed by atoms with E-state index in [1.165, 1.54) is 0 Å². The normalized spacial score (nSPS) is 11.2. The predicted molar refractivity (Wildman–Crippen MR) is 78.0 cm³/mol. The molecular formula is C16H16N2O2. The van der Waals surface area contributed by atoms with Crippen molar-refractivity contribution in [2.45, 2.75) is 6.04 Å². The minimum Gasteiger partial charge on any atom is -0.496 e. The largest absolute Gasteiger partial charge is 0.496 e. The number of methoxy groups -OCH3 is 2. The number of benzene rings is 2. The summed E-state index contributed by atoms with van der Waals surface area (Å²) < 4.78 is 10.6. The highest BCUT2D eigenvalue weighted by atomic mass is 16.5. The van der Waals surface area contributed by atoms with Crippen molar-refractivity contribution in [1.29, 1.82) is 5.26 Å². The lowest BCUT2D eigenvalue weighted by molar-refractivity contribution is 0.408. The van der Waals surface area contributed by atoms with Gasteiger partial charge in [0.2, 0.25) is 0 Å².